The second kappa shape index (κ2) is 3.69. The van der Waals surface area contributed by atoms with Crippen LogP contribution in [0.2, 0.25) is 0 Å². The van der Waals surface area contributed by atoms with E-state index >= 15 is 0 Å². The number of rotatable bonds is 3. The lowest BCUT2D eigenvalue weighted by molar-refractivity contribution is -0.139. The summed E-state index contributed by atoms with van der Waals surface area (Å²) in [6.07, 6.45) is -1.08. The Labute approximate surface area is 74.3 Å². The van der Waals surface area contributed by atoms with Crippen LogP contribution >= 0.6 is 11.3 Å². The van der Waals surface area contributed by atoms with E-state index in [-0.39, 0.29) is 6.42 Å². The minimum absolute atomic E-state index is 0.222. The normalized spacial score (nSPS) is 12.8. The zero-order chi connectivity index (χ0) is 9.14. The van der Waals surface area contributed by atoms with Crippen molar-refractivity contribution < 1.29 is 15.0 Å². The Bertz CT molecular complexity index is 280. The molecule has 0 bridgehead atoms. The van der Waals surface area contributed by atoms with Gasteiger partial charge in [0.1, 0.15) is 0 Å². The summed E-state index contributed by atoms with van der Waals surface area (Å²) >= 11 is 1.42. The molecule has 0 saturated carbocycles. The summed E-state index contributed by atoms with van der Waals surface area (Å²) in [6, 6.07) is 3.62. The lowest BCUT2D eigenvalue weighted by atomic mass is 10.2. The summed E-state index contributed by atoms with van der Waals surface area (Å²) in [6.45, 7) is 1.92. The highest BCUT2D eigenvalue weighted by molar-refractivity contribution is 7.12. The van der Waals surface area contributed by atoms with Crippen molar-refractivity contribution in [3.05, 3.63) is 21.9 Å². The van der Waals surface area contributed by atoms with Crippen LogP contribution in [0.3, 0.4) is 0 Å². The Morgan fingerprint density at radius 1 is 1.67 bits per heavy atom. The maximum atomic E-state index is 10.2. The Morgan fingerprint density at radius 2 is 2.33 bits per heavy atom. The molecule has 0 spiro atoms. The summed E-state index contributed by atoms with van der Waals surface area (Å²) in [7, 11) is 0. The van der Waals surface area contributed by atoms with Gasteiger partial charge in [-0.05, 0) is 19.1 Å². The Kier molecular flexibility index (Phi) is 2.83. The lowest BCUT2D eigenvalue weighted by Crippen LogP contribution is -2.03. The average molecular weight is 186 g/mol. The van der Waals surface area contributed by atoms with Crippen LogP contribution in [0.4, 0.5) is 0 Å². The van der Waals surface area contributed by atoms with E-state index in [9.17, 15) is 9.90 Å². The molecule has 0 aliphatic heterocycles. The molecule has 0 saturated heterocycles. The van der Waals surface area contributed by atoms with Gasteiger partial charge < -0.3 is 10.2 Å². The van der Waals surface area contributed by atoms with Crippen molar-refractivity contribution in [2.75, 3.05) is 0 Å². The maximum Gasteiger partial charge on any atom is 0.306 e. The molecular weight excluding hydrogens is 176 g/mol. The SMILES string of the molecule is Cc1ccc([C@@H](O)CC(=O)O)s1. The number of aryl methyl sites for hydroxylation is 1. The van der Waals surface area contributed by atoms with Crippen LogP contribution in [-0.2, 0) is 4.79 Å². The third-order valence-electron chi connectivity index (χ3n) is 1.46. The molecule has 0 aliphatic rings. The Morgan fingerprint density at radius 3 is 2.75 bits per heavy atom. The Balaban J connectivity index is 2.64. The van der Waals surface area contributed by atoms with Crippen molar-refractivity contribution in [3.8, 4) is 0 Å². The maximum absolute atomic E-state index is 10.2. The zero-order valence-corrected chi connectivity index (χ0v) is 7.47. The van der Waals surface area contributed by atoms with Gasteiger partial charge in [-0.25, -0.2) is 0 Å². The van der Waals surface area contributed by atoms with Gasteiger partial charge in [0, 0.05) is 9.75 Å². The Hall–Kier alpha value is -0.870. The highest BCUT2D eigenvalue weighted by Crippen LogP contribution is 2.24. The molecule has 3 nitrogen and oxygen atoms in total. The smallest absolute Gasteiger partial charge is 0.306 e. The fourth-order valence-electron chi connectivity index (χ4n) is 0.899. The van der Waals surface area contributed by atoms with Crippen LogP contribution < -0.4 is 0 Å². The number of aliphatic carboxylic acids is 1. The van der Waals surface area contributed by atoms with Gasteiger partial charge in [-0.3, -0.25) is 4.79 Å². The van der Waals surface area contributed by atoms with Crippen LogP contribution in [0.5, 0.6) is 0 Å². The van der Waals surface area contributed by atoms with Crippen molar-refractivity contribution >= 4 is 17.3 Å². The second-order valence-corrected chi connectivity index (χ2v) is 3.88. The number of hydrogen-bond donors (Lipinski definition) is 2. The summed E-state index contributed by atoms with van der Waals surface area (Å²) in [5, 5.41) is 17.7. The van der Waals surface area contributed by atoms with Crippen molar-refractivity contribution in [3.63, 3.8) is 0 Å². The standard InChI is InChI=1S/C8H10O3S/c1-5-2-3-7(12-5)6(9)4-8(10)11/h2-3,6,9H,4H2,1H3,(H,10,11)/t6-/m0/s1. The van der Waals surface area contributed by atoms with Crippen molar-refractivity contribution in [1.29, 1.82) is 0 Å². The number of thiophene rings is 1. The van der Waals surface area contributed by atoms with E-state index in [1.807, 2.05) is 13.0 Å². The fraction of sp³-hybridized carbons (Fsp3) is 0.375. The molecule has 0 amide bonds. The molecule has 12 heavy (non-hydrogen) atoms. The first-order valence-corrected chi connectivity index (χ1v) is 4.37. The summed E-state index contributed by atoms with van der Waals surface area (Å²) in [4.78, 5) is 12.0. The van der Waals surface area contributed by atoms with Gasteiger partial charge in [-0.15, -0.1) is 11.3 Å². The molecule has 66 valence electrons. The molecule has 1 aromatic heterocycles. The van der Waals surface area contributed by atoms with Gasteiger partial charge in [-0.1, -0.05) is 0 Å². The van der Waals surface area contributed by atoms with Gasteiger partial charge in [0.25, 0.3) is 0 Å². The topological polar surface area (TPSA) is 57.5 Å². The van der Waals surface area contributed by atoms with Crippen LogP contribution in [-0.4, -0.2) is 16.2 Å². The molecule has 1 aromatic rings. The number of hydrogen-bond acceptors (Lipinski definition) is 3. The molecule has 1 atom stereocenters. The third-order valence-corrected chi connectivity index (χ3v) is 2.56. The number of carbonyl (C=O) groups is 1. The van der Waals surface area contributed by atoms with Gasteiger partial charge in [0.05, 0.1) is 12.5 Å². The van der Waals surface area contributed by atoms with Crippen LogP contribution in [0.1, 0.15) is 22.3 Å². The molecular formula is C8H10O3S. The monoisotopic (exact) mass is 186 g/mol. The molecule has 4 heteroatoms. The second-order valence-electron chi connectivity index (χ2n) is 2.56. The van der Waals surface area contributed by atoms with Crippen molar-refractivity contribution in [1.82, 2.24) is 0 Å². The number of aliphatic hydroxyl groups excluding tert-OH is 1. The first kappa shape index (κ1) is 9.22. The quantitative estimate of drug-likeness (QED) is 0.753. The van der Waals surface area contributed by atoms with E-state index in [0.29, 0.717) is 0 Å². The first-order valence-electron chi connectivity index (χ1n) is 3.56. The van der Waals surface area contributed by atoms with E-state index in [0.717, 1.165) is 9.75 Å². The molecule has 0 fully saturated rings. The van der Waals surface area contributed by atoms with Crippen LogP contribution in [0.15, 0.2) is 12.1 Å². The minimum Gasteiger partial charge on any atom is -0.481 e. The van der Waals surface area contributed by atoms with Gasteiger partial charge >= 0.3 is 5.97 Å². The molecule has 1 heterocycles. The third kappa shape index (κ3) is 2.32. The molecule has 2 N–H and O–H groups in total. The van der Waals surface area contributed by atoms with Gasteiger partial charge in [0.15, 0.2) is 0 Å². The highest BCUT2D eigenvalue weighted by atomic mass is 32.1. The van der Waals surface area contributed by atoms with E-state index in [1.54, 1.807) is 6.07 Å². The van der Waals surface area contributed by atoms with E-state index in [2.05, 4.69) is 0 Å². The summed E-state index contributed by atoms with van der Waals surface area (Å²) in [5.74, 6) is -0.978. The molecule has 1 rings (SSSR count). The van der Waals surface area contributed by atoms with E-state index in [4.69, 9.17) is 5.11 Å². The first-order chi connectivity index (χ1) is 5.59. The van der Waals surface area contributed by atoms with Gasteiger partial charge in [-0.2, -0.15) is 0 Å². The predicted molar refractivity (Wildman–Crippen MR) is 46.3 cm³/mol. The van der Waals surface area contributed by atoms with E-state index < -0.39 is 12.1 Å². The highest BCUT2D eigenvalue weighted by Gasteiger charge is 2.13. The molecule has 0 unspecified atom stereocenters. The van der Waals surface area contributed by atoms with Crippen molar-refractivity contribution in [2.45, 2.75) is 19.4 Å². The van der Waals surface area contributed by atoms with Gasteiger partial charge in [0.2, 0.25) is 0 Å². The number of carboxylic acids is 1. The zero-order valence-electron chi connectivity index (χ0n) is 6.65. The molecule has 0 aliphatic carbocycles. The lowest BCUT2D eigenvalue weighted by Gasteiger charge is -2.03. The van der Waals surface area contributed by atoms with Crippen LogP contribution in [0, 0.1) is 6.92 Å². The molecule has 0 aromatic carbocycles. The van der Waals surface area contributed by atoms with Crippen molar-refractivity contribution in [2.24, 2.45) is 0 Å². The summed E-state index contributed by atoms with van der Waals surface area (Å²) in [5.41, 5.74) is 0. The van der Waals surface area contributed by atoms with E-state index in [1.165, 1.54) is 11.3 Å². The predicted octanol–water partition coefficient (Wildman–Crippen LogP) is 1.56. The largest absolute Gasteiger partial charge is 0.481 e. The summed E-state index contributed by atoms with van der Waals surface area (Å²) < 4.78 is 0. The fourth-order valence-corrected chi connectivity index (χ4v) is 1.76. The number of aliphatic hydroxyl groups is 1. The minimum atomic E-state index is -0.978. The average Bonchev–Trinajstić information content (AvgIpc) is 2.34. The molecule has 0 radical (unpaired) electrons. The number of carboxylic acid groups (broad SMARTS) is 1. The van der Waals surface area contributed by atoms with Crippen LogP contribution in [0.25, 0.3) is 0 Å².